The van der Waals surface area contributed by atoms with Crippen molar-refractivity contribution in [3.8, 4) is 51.2 Å². The Labute approximate surface area is 181 Å². The first-order valence-electron chi connectivity index (χ1n) is 9.73. The van der Waals surface area contributed by atoms with Crippen molar-refractivity contribution in [1.82, 2.24) is 9.97 Å². The Kier molecular flexibility index (Phi) is 5.71. The van der Waals surface area contributed by atoms with Gasteiger partial charge in [0.25, 0.3) is 0 Å². The van der Waals surface area contributed by atoms with Crippen LogP contribution in [0.5, 0.6) is 17.2 Å². The second kappa shape index (κ2) is 8.75. The summed E-state index contributed by atoms with van der Waals surface area (Å²) in [5.74, 6) is 2.28. The van der Waals surface area contributed by atoms with Gasteiger partial charge in [-0.3, -0.25) is 0 Å². The molecule has 1 heterocycles. The minimum Gasteiger partial charge on any atom is -0.493 e. The normalized spacial score (nSPS) is 10.5. The number of nitrogens with zero attached hydrogens (tertiary/aromatic N) is 2. The number of benzene rings is 3. The Morgan fingerprint density at radius 3 is 1.74 bits per heavy atom. The van der Waals surface area contributed by atoms with E-state index in [0.29, 0.717) is 28.8 Å². The molecule has 4 rings (SSSR count). The summed E-state index contributed by atoms with van der Waals surface area (Å²) in [6.07, 6.45) is 0. The first-order valence-corrected chi connectivity index (χ1v) is 9.73. The number of hydrogen-bond acceptors (Lipinski definition) is 6. The molecule has 0 aliphatic heterocycles. The number of hydrogen-bond donors (Lipinski definition) is 1. The van der Waals surface area contributed by atoms with Crippen LogP contribution in [-0.4, -0.2) is 31.3 Å². The van der Waals surface area contributed by atoms with E-state index in [-0.39, 0.29) is 0 Å². The summed E-state index contributed by atoms with van der Waals surface area (Å²) in [4.78, 5) is 9.64. The van der Waals surface area contributed by atoms with Crippen LogP contribution in [0.3, 0.4) is 0 Å². The summed E-state index contributed by atoms with van der Waals surface area (Å²) in [5, 5.41) is 0. The van der Waals surface area contributed by atoms with E-state index in [4.69, 9.17) is 29.9 Å². The molecule has 0 saturated heterocycles. The molecule has 0 bridgehead atoms. The van der Waals surface area contributed by atoms with E-state index in [0.717, 1.165) is 28.1 Å². The van der Waals surface area contributed by atoms with Crippen molar-refractivity contribution in [2.24, 2.45) is 0 Å². The molecule has 0 amide bonds. The number of ether oxygens (including phenoxy) is 3. The Morgan fingerprint density at radius 1 is 0.613 bits per heavy atom. The van der Waals surface area contributed by atoms with E-state index >= 15 is 0 Å². The quantitative estimate of drug-likeness (QED) is 0.444. The summed E-state index contributed by atoms with van der Waals surface area (Å²) in [6.45, 7) is 0. The average Bonchev–Trinajstić information content (AvgIpc) is 2.83. The molecule has 0 unspecified atom stereocenters. The zero-order chi connectivity index (χ0) is 21.8. The lowest BCUT2D eigenvalue weighted by molar-refractivity contribution is 0.324. The molecule has 2 N–H and O–H groups in total. The highest BCUT2D eigenvalue weighted by Crippen LogP contribution is 2.41. The minimum absolute atomic E-state index is 0.532. The molecule has 31 heavy (non-hydrogen) atoms. The lowest BCUT2D eigenvalue weighted by Crippen LogP contribution is -1.98. The summed E-state index contributed by atoms with van der Waals surface area (Å²) in [6, 6.07) is 23.2. The molecule has 0 radical (unpaired) electrons. The van der Waals surface area contributed by atoms with Crippen LogP contribution in [0.1, 0.15) is 0 Å². The Hall–Kier alpha value is -4.06. The summed E-state index contributed by atoms with van der Waals surface area (Å²) in [7, 11) is 4.77. The lowest BCUT2D eigenvalue weighted by Gasteiger charge is -2.15. The average molecular weight is 413 g/mol. The molecule has 3 aromatic carbocycles. The van der Waals surface area contributed by atoms with Gasteiger partial charge in [-0.15, -0.1) is 0 Å². The zero-order valence-electron chi connectivity index (χ0n) is 17.6. The van der Waals surface area contributed by atoms with Crippen LogP contribution in [0.4, 0.5) is 5.69 Å². The molecule has 0 spiro atoms. The molecular formula is C25H23N3O3. The molecule has 0 aliphatic rings. The highest BCUT2D eigenvalue weighted by Gasteiger charge is 2.17. The molecule has 0 aliphatic carbocycles. The van der Waals surface area contributed by atoms with Crippen LogP contribution >= 0.6 is 0 Å². The molecule has 0 saturated carbocycles. The van der Waals surface area contributed by atoms with Crippen molar-refractivity contribution in [1.29, 1.82) is 0 Å². The molecule has 0 fully saturated rings. The molecule has 156 valence electrons. The molecule has 4 aromatic rings. The topological polar surface area (TPSA) is 79.5 Å². The van der Waals surface area contributed by atoms with Gasteiger partial charge in [-0.25, -0.2) is 9.97 Å². The lowest BCUT2D eigenvalue weighted by atomic mass is 10.1. The number of aromatic nitrogens is 2. The number of methoxy groups -OCH3 is 3. The monoisotopic (exact) mass is 413 g/mol. The maximum Gasteiger partial charge on any atom is 0.203 e. The Bertz CT molecular complexity index is 1170. The summed E-state index contributed by atoms with van der Waals surface area (Å²) >= 11 is 0. The van der Waals surface area contributed by atoms with Crippen LogP contribution in [0, 0.1) is 0 Å². The second-order valence-corrected chi connectivity index (χ2v) is 6.86. The number of nitrogens with two attached hydrogens (primary N) is 1. The van der Waals surface area contributed by atoms with Crippen LogP contribution in [0.2, 0.25) is 0 Å². The van der Waals surface area contributed by atoms with Gasteiger partial charge in [-0.05, 0) is 30.3 Å². The number of rotatable bonds is 6. The third-order valence-electron chi connectivity index (χ3n) is 4.93. The first-order chi connectivity index (χ1) is 15.1. The number of anilines is 1. The van der Waals surface area contributed by atoms with E-state index in [1.165, 1.54) is 0 Å². The van der Waals surface area contributed by atoms with Gasteiger partial charge in [0.15, 0.2) is 17.3 Å². The molecule has 1 aromatic heterocycles. The van der Waals surface area contributed by atoms with Gasteiger partial charge in [-0.1, -0.05) is 42.5 Å². The van der Waals surface area contributed by atoms with Gasteiger partial charge in [0.1, 0.15) is 0 Å². The van der Waals surface area contributed by atoms with Gasteiger partial charge < -0.3 is 19.9 Å². The summed E-state index contributed by atoms with van der Waals surface area (Å²) in [5.41, 5.74) is 10.8. The van der Waals surface area contributed by atoms with Crippen molar-refractivity contribution in [2.45, 2.75) is 0 Å². The molecule has 0 atom stereocenters. The number of nitrogen functional groups attached to an aromatic ring is 1. The van der Waals surface area contributed by atoms with E-state index in [1.807, 2.05) is 72.8 Å². The van der Waals surface area contributed by atoms with Gasteiger partial charge >= 0.3 is 0 Å². The van der Waals surface area contributed by atoms with Gasteiger partial charge in [0, 0.05) is 22.4 Å². The van der Waals surface area contributed by atoms with Gasteiger partial charge in [0.2, 0.25) is 5.75 Å². The van der Waals surface area contributed by atoms with Gasteiger partial charge in [-0.2, -0.15) is 0 Å². The van der Waals surface area contributed by atoms with E-state index in [1.54, 1.807) is 21.3 Å². The largest absolute Gasteiger partial charge is 0.493 e. The SMILES string of the molecule is COc1cc(-c2cc(-c3ccc(N)cc3)nc(-c3ccccc3)n2)cc(OC)c1OC. The molecule has 6 heteroatoms. The van der Waals surface area contributed by atoms with Crippen molar-refractivity contribution in [3.63, 3.8) is 0 Å². The van der Waals surface area contributed by atoms with E-state index in [2.05, 4.69) is 0 Å². The third kappa shape index (κ3) is 4.14. The minimum atomic E-state index is 0.532. The predicted molar refractivity (Wildman–Crippen MR) is 122 cm³/mol. The molecule has 6 nitrogen and oxygen atoms in total. The fraction of sp³-hybridized carbons (Fsp3) is 0.120. The predicted octanol–water partition coefficient (Wildman–Crippen LogP) is 5.09. The fourth-order valence-corrected chi connectivity index (χ4v) is 3.34. The van der Waals surface area contributed by atoms with Crippen molar-refractivity contribution >= 4 is 5.69 Å². The standard InChI is InChI=1S/C25H23N3O3/c1-29-22-13-18(14-23(30-2)24(22)31-3)21-15-20(16-9-11-19(26)12-10-16)27-25(28-21)17-7-5-4-6-8-17/h4-15H,26H2,1-3H3. The van der Waals surface area contributed by atoms with Crippen LogP contribution in [-0.2, 0) is 0 Å². The smallest absolute Gasteiger partial charge is 0.203 e. The molecular weight excluding hydrogens is 390 g/mol. The highest BCUT2D eigenvalue weighted by atomic mass is 16.5. The third-order valence-corrected chi connectivity index (χ3v) is 4.93. The van der Waals surface area contributed by atoms with Crippen LogP contribution in [0.25, 0.3) is 33.9 Å². The van der Waals surface area contributed by atoms with Crippen molar-refractivity contribution < 1.29 is 14.2 Å². The van der Waals surface area contributed by atoms with Gasteiger partial charge in [0.05, 0.1) is 32.7 Å². The highest BCUT2D eigenvalue weighted by molar-refractivity contribution is 5.75. The van der Waals surface area contributed by atoms with Crippen molar-refractivity contribution in [2.75, 3.05) is 27.1 Å². The zero-order valence-corrected chi connectivity index (χ0v) is 17.6. The van der Waals surface area contributed by atoms with Crippen LogP contribution in [0.15, 0.2) is 72.8 Å². The van der Waals surface area contributed by atoms with Crippen molar-refractivity contribution in [3.05, 3.63) is 72.8 Å². The van der Waals surface area contributed by atoms with Crippen LogP contribution < -0.4 is 19.9 Å². The fourth-order valence-electron chi connectivity index (χ4n) is 3.34. The van der Waals surface area contributed by atoms with E-state index in [9.17, 15) is 0 Å². The maximum absolute atomic E-state index is 5.87. The maximum atomic E-state index is 5.87. The second-order valence-electron chi connectivity index (χ2n) is 6.86. The Morgan fingerprint density at radius 2 is 1.19 bits per heavy atom. The summed E-state index contributed by atoms with van der Waals surface area (Å²) < 4.78 is 16.5. The van der Waals surface area contributed by atoms with E-state index < -0.39 is 0 Å². The Balaban J connectivity index is 1.93. The first kappa shape index (κ1) is 20.2.